The van der Waals surface area contributed by atoms with Crippen LogP contribution in [0.3, 0.4) is 0 Å². The van der Waals surface area contributed by atoms with Crippen molar-refractivity contribution in [2.75, 3.05) is 0 Å². The maximum atomic E-state index is 4.92. The highest BCUT2D eigenvalue weighted by molar-refractivity contribution is 6.20. The number of rotatable bonds is 6. The maximum Gasteiger partial charge on any atom is 0.164 e. The molecule has 0 N–H and O–H groups in total. The first-order chi connectivity index (χ1) is 28.2. The molecule has 0 fully saturated rings. The fraction of sp³-hybridized carbons (Fsp3) is 0.0192. The van der Waals surface area contributed by atoms with Crippen LogP contribution >= 0.6 is 0 Å². The van der Waals surface area contributed by atoms with Crippen molar-refractivity contribution >= 4 is 49.2 Å². The number of para-hydroxylation sites is 1. The summed E-state index contributed by atoms with van der Waals surface area (Å²) in [5.74, 6) is 1.96. The Bertz CT molecular complexity index is 3160. The lowest BCUT2D eigenvalue weighted by Crippen LogP contribution is -2.00. The summed E-state index contributed by atoms with van der Waals surface area (Å²) in [4.78, 5) is 14.7. The summed E-state index contributed by atoms with van der Waals surface area (Å²) in [7, 11) is 0. The second-order valence-corrected chi connectivity index (χ2v) is 14.5. The Labute approximate surface area is 329 Å². The molecule has 0 atom stereocenters. The highest BCUT2D eigenvalue weighted by atomic mass is 15.0. The number of aromatic nitrogens is 5. The van der Waals surface area contributed by atoms with Gasteiger partial charge in [0.1, 0.15) is 0 Å². The fourth-order valence-corrected chi connectivity index (χ4v) is 8.19. The number of allylic oxidation sites excluding steroid dienone is 6. The smallest absolute Gasteiger partial charge is 0.164 e. The number of hydrogen-bond acceptors (Lipinski definition) is 3. The number of nitrogens with zero attached hydrogens (tertiary/aromatic N) is 5. The summed E-state index contributed by atoms with van der Waals surface area (Å²) in [5.41, 5.74) is 11.0. The molecule has 57 heavy (non-hydrogen) atoms. The van der Waals surface area contributed by atoms with Crippen LogP contribution in [0.4, 0.5) is 0 Å². The molecule has 1 aliphatic rings. The van der Waals surface area contributed by atoms with E-state index in [4.69, 9.17) is 15.0 Å². The van der Waals surface area contributed by atoms with E-state index < -0.39 is 0 Å². The molecule has 5 nitrogen and oxygen atoms in total. The quantitative estimate of drug-likeness (QED) is 0.171. The van der Waals surface area contributed by atoms with Crippen molar-refractivity contribution in [1.82, 2.24) is 24.1 Å². The van der Waals surface area contributed by atoms with Crippen LogP contribution < -0.4 is 0 Å². The van der Waals surface area contributed by atoms with E-state index in [1.165, 1.54) is 49.2 Å². The third-order valence-corrected chi connectivity index (χ3v) is 11.0. The molecule has 268 valence electrons. The van der Waals surface area contributed by atoms with Crippen LogP contribution in [0.15, 0.2) is 200 Å². The predicted octanol–water partition coefficient (Wildman–Crippen LogP) is 13.1. The molecule has 0 aliphatic heterocycles. The van der Waals surface area contributed by atoms with E-state index in [2.05, 4.69) is 149 Å². The van der Waals surface area contributed by atoms with Gasteiger partial charge in [-0.3, -0.25) is 0 Å². The highest BCUT2D eigenvalue weighted by Crippen LogP contribution is 2.39. The van der Waals surface area contributed by atoms with Gasteiger partial charge in [0.05, 0.1) is 16.6 Å². The molecule has 0 bridgehead atoms. The second-order valence-electron chi connectivity index (χ2n) is 14.5. The molecule has 3 aromatic heterocycles. The average molecular weight is 730 g/mol. The minimum absolute atomic E-state index is 0.646. The Kier molecular flexibility index (Phi) is 7.81. The Morgan fingerprint density at radius 3 is 1.75 bits per heavy atom. The van der Waals surface area contributed by atoms with Crippen molar-refractivity contribution in [2.45, 2.75) is 6.42 Å². The first-order valence-electron chi connectivity index (χ1n) is 19.3. The normalized spacial score (nSPS) is 12.8. The van der Waals surface area contributed by atoms with Gasteiger partial charge in [0.25, 0.3) is 0 Å². The van der Waals surface area contributed by atoms with Gasteiger partial charge in [0, 0.05) is 55.8 Å². The van der Waals surface area contributed by atoms with Gasteiger partial charge in [0.2, 0.25) is 0 Å². The van der Waals surface area contributed by atoms with Gasteiger partial charge in [-0.2, -0.15) is 0 Å². The summed E-state index contributed by atoms with van der Waals surface area (Å²) in [6, 6.07) is 57.9. The van der Waals surface area contributed by atoms with Gasteiger partial charge < -0.3 is 9.13 Å². The minimum atomic E-state index is 0.646. The van der Waals surface area contributed by atoms with Crippen LogP contribution in [0.25, 0.3) is 100 Å². The molecule has 11 rings (SSSR count). The molecule has 0 spiro atoms. The molecule has 1 aliphatic carbocycles. The van der Waals surface area contributed by atoms with Crippen molar-refractivity contribution in [1.29, 1.82) is 0 Å². The first kappa shape index (κ1) is 32.8. The molecule has 10 aromatic rings. The molecule has 0 amide bonds. The van der Waals surface area contributed by atoms with Crippen molar-refractivity contribution in [2.24, 2.45) is 0 Å². The Hall–Kier alpha value is -7.63. The molecule has 0 unspecified atom stereocenters. The summed E-state index contributed by atoms with van der Waals surface area (Å²) in [6.45, 7) is 0. The monoisotopic (exact) mass is 729 g/mol. The minimum Gasteiger partial charge on any atom is -0.317 e. The zero-order chi connectivity index (χ0) is 37.7. The summed E-state index contributed by atoms with van der Waals surface area (Å²) < 4.78 is 4.72. The predicted molar refractivity (Wildman–Crippen MR) is 236 cm³/mol. The highest BCUT2D eigenvalue weighted by Gasteiger charge is 2.17. The van der Waals surface area contributed by atoms with Gasteiger partial charge in [-0.1, -0.05) is 146 Å². The lowest BCUT2D eigenvalue weighted by atomic mass is 10.0. The van der Waals surface area contributed by atoms with Crippen LogP contribution in [0.1, 0.15) is 6.42 Å². The standard InChI is InChI=1S/C52H35N5/c1-2-10-18-42(17-9-1)56-32-31-41-33-46-40(34-48(41)56)27-30-45-44-19-11-12-20-47(44)57(49(45)46)43-28-25-36(26-29-43)35-21-23-39(24-22-35)52-54-50(37-13-5-3-6-14-37)53-51(55-52)38-15-7-4-8-16-38/h1,3-34H,2H2. The summed E-state index contributed by atoms with van der Waals surface area (Å²) >= 11 is 0. The Morgan fingerprint density at radius 1 is 0.439 bits per heavy atom. The lowest BCUT2D eigenvalue weighted by Gasteiger charge is -2.12. The zero-order valence-corrected chi connectivity index (χ0v) is 31.0. The van der Waals surface area contributed by atoms with Crippen molar-refractivity contribution in [3.8, 4) is 51.0 Å². The fourth-order valence-electron chi connectivity index (χ4n) is 8.19. The van der Waals surface area contributed by atoms with Gasteiger partial charge >= 0.3 is 0 Å². The second kappa shape index (κ2) is 13.6. The first-order valence-corrected chi connectivity index (χ1v) is 19.3. The Balaban J connectivity index is 0.975. The van der Waals surface area contributed by atoms with Crippen LogP contribution in [0.2, 0.25) is 0 Å². The van der Waals surface area contributed by atoms with E-state index >= 15 is 0 Å². The molecular formula is C52H35N5. The Morgan fingerprint density at radius 2 is 1.05 bits per heavy atom. The number of benzene rings is 7. The molecule has 3 heterocycles. The van der Waals surface area contributed by atoms with Crippen LogP contribution in [-0.4, -0.2) is 24.1 Å². The molecule has 5 heteroatoms. The van der Waals surface area contributed by atoms with Crippen molar-refractivity contribution in [3.05, 3.63) is 200 Å². The third kappa shape index (κ3) is 5.76. The van der Waals surface area contributed by atoms with Crippen LogP contribution in [-0.2, 0) is 0 Å². The third-order valence-electron chi connectivity index (χ3n) is 11.0. The molecular weight excluding hydrogens is 695 g/mol. The molecule has 7 aromatic carbocycles. The van der Waals surface area contributed by atoms with Gasteiger partial charge in [-0.05, 0) is 71.5 Å². The van der Waals surface area contributed by atoms with Gasteiger partial charge in [-0.25, -0.2) is 15.0 Å². The van der Waals surface area contributed by atoms with E-state index in [-0.39, 0.29) is 0 Å². The topological polar surface area (TPSA) is 48.5 Å². The van der Waals surface area contributed by atoms with Crippen LogP contribution in [0.5, 0.6) is 0 Å². The number of fused-ring (bicyclic) bond motifs is 6. The summed E-state index contributed by atoms with van der Waals surface area (Å²) in [6.07, 6.45) is 14.1. The van der Waals surface area contributed by atoms with Crippen LogP contribution in [0, 0.1) is 0 Å². The summed E-state index contributed by atoms with van der Waals surface area (Å²) in [5, 5.41) is 6.17. The van der Waals surface area contributed by atoms with Crippen molar-refractivity contribution < 1.29 is 0 Å². The van der Waals surface area contributed by atoms with Gasteiger partial charge in [0.15, 0.2) is 17.5 Å². The molecule has 0 saturated carbocycles. The van der Waals surface area contributed by atoms with E-state index in [9.17, 15) is 0 Å². The SMILES string of the molecule is C1=CCC=CC(n2ccc3cc4c(ccc5c6ccccc6n(-c6ccc(-c7ccc(-c8nc(-c9ccccc9)nc(-c9ccccc9)n8)cc7)cc6)c45)cc32)=C1. The lowest BCUT2D eigenvalue weighted by molar-refractivity contribution is 1.07. The van der Waals surface area contributed by atoms with E-state index in [1.807, 2.05) is 60.7 Å². The maximum absolute atomic E-state index is 4.92. The van der Waals surface area contributed by atoms with E-state index in [0.717, 1.165) is 39.9 Å². The van der Waals surface area contributed by atoms with E-state index in [1.54, 1.807) is 0 Å². The van der Waals surface area contributed by atoms with Crippen molar-refractivity contribution in [3.63, 3.8) is 0 Å². The zero-order valence-electron chi connectivity index (χ0n) is 31.0. The van der Waals surface area contributed by atoms with E-state index in [0.29, 0.717) is 17.5 Å². The number of hydrogen-bond donors (Lipinski definition) is 0. The average Bonchev–Trinajstić information content (AvgIpc) is 3.73. The molecule has 0 radical (unpaired) electrons. The molecule has 0 saturated heterocycles. The van der Waals surface area contributed by atoms with Gasteiger partial charge in [-0.15, -0.1) is 0 Å². The largest absolute Gasteiger partial charge is 0.317 e.